The zero-order valence-corrected chi connectivity index (χ0v) is 17.1. The van der Waals surface area contributed by atoms with Crippen LogP contribution in [0.25, 0.3) is 0 Å². The predicted octanol–water partition coefficient (Wildman–Crippen LogP) is 3.18. The maximum Gasteiger partial charge on any atom is 0.326 e. The Morgan fingerprint density at radius 2 is 1.57 bits per heavy atom. The number of benzene rings is 2. The van der Waals surface area contributed by atoms with Crippen molar-refractivity contribution in [1.29, 1.82) is 0 Å². The summed E-state index contributed by atoms with van der Waals surface area (Å²) in [6, 6.07) is 17.9. The Bertz CT molecular complexity index is 890. The van der Waals surface area contributed by atoms with Gasteiger partial charge in [-0.25, -0.2) is 4.79 Å². The minimum absolute atomic E-state index is 0.0972. The van der Waals surface area contributed by atoms with Crippen molar-refractivity contribution < 1.29 is 14.4 Å². The normalized spacial score (nSPS) is 23.2. The zero-order chi connectivity index (χ0) is 21.1. The lowest BCUT2D eigenvalue weighted by Gasteiger charge is -2.30. The molecule has 1 aliphatic carbocycles. The molecule has 0 spiro atoms. The van der Waals surface area contributed by atoms with Crippen molar-refractivity contribution in [1.82, 2.24) is 15.5 Å². The Morgan fingerprint density at radius 3 is 2.13 bits per heavy atom. The molecule has 1 aliphatic heterocycles. The lowest BCUT2D eigenvalue weighted by Crippen LogP contribution is -2.48. The summed E-state index contributed by atoms with van der Waals surface area (Å²) in [5.41, 5.74) is -0.00501. The molecule has 6 nitrogen and oxygen atoms in total. The zero-order valence-electron chi connectivity index (χ0n) is 17.1. The van der Waals surface area contributed by atoms with Gasteiger partial charge < -0.3 is 10.6 Å². The van der Waals surface area contributed by atoms with Crippen LogP contribution in [-0.4, -0.2) is 35.3 Å². The minimum atomic E-state index is -1.34. The van der Waals surface area contributed by atoms with E-state index in [1.807, 2.05) is 60.7 Å². The summed E-state index contributed by atoms with van der Waals surface area (Å²) >= 11 is 0. The van der Waals surface area contributed by atoms with E-state index in [2.05, 4.69) is 17.6 Å². The van der Waals surface area contributed by atoms with Crippen molar-refractivity contribution >= 4 is 17.8 Å². The number of hydrogen-bond acceptors (Lipinski definition) is 3. The fourth-order valence-electron chi connectivity index (χ4n) is 4.58. The third kappa shape index (κ3) is 3.58. The van der Waals surface area contributed by atoms with Crippen LogP contribution in [0.5, 0.6) is 0 Å². The maximum absolute atomic E-state index is 13.6. The summed E-state index contributed by atoms with van der Waals surface area (Å²) in [7, 11) is 0. The van der Waals surface area contributed by atoms with Crippen molar-refractivity contribution in [2.75, 3.05) is 6.54 Å². The molecule has 6 heteroatoms. The third-order valence-corrected chi connectivity index (χ3v) is 6.28. The van der Waals surface area contributed by atoms with Crippen LogP contribution in [0.3, 0.4) is 0 Å². The van der Waals surface area contributed by atoms with Gasteiger partial charge in [0.1, 0.15) is 6.54 Å². The highest BCUT2D eigenvalue weighted by Crippen LogP contribution is 2.35. The average Bonchev–Trinajstić information content (AvgIpc) is 3.02. The first-order valence-electron chi connectivity index (χ1n) is 10.6. The summed E-state index contributed by atoms with van der Waals surface area (Å²) < 4.78 is 0. The molecule has 1 saturated heterocycles. The number of imide groups is 1. The molecule has 4 amide bonds. The molecule has 1 saturated carbocycles. The van der Waals surface area contributed by atoms with Gasteiger partial charge in [0.15, 0.2) is 5.54 Å². The Labute approximate surface area is 176 Å². The molecule has 2 fully saturated rings. The fourth-order valence-corrected chi connectivity index (χ4v) is 4.58. The first-order chi connectivity index (χ1) is 14.5. The van der Waals surface area contributed by atoms with E-state index in [0.717, 1.165) is 24.2 Å². The first-order valence-corrected chi connectivity index (χ1v) is 10.6. The molecular formula is C24H27N3O3. The van der Waals surface area contributed by atoms with Gasteiger partial charge in [0.05, 0.1) is 0 Å². The molecule has 0 aromatic heterocycles. The molecular weight excluding hydrogens is 378 g/mol. The number of urea groups is 1. The van der Waals surface area contributed by atoms with E-state index >= 15 is 0 Å². The largest absolute Gasteiger partial charge is 0.352 e. The van der Waals surface area contributed by atoms with E-state index in [4.69, 9.17) is 0 Å². The van der Waals surface area contributed by atoms with E-state index in [9.17, 15) is 14.4 Å². The summed E-state index contributed by atoms with van der Waals surface area (Å²) in [5.74, 6) is -0.329. The molecule has 2 aromatic rings. The van der Waals surface area contributed by atoms with Gasteiger partial charge in [0.2, 0.25) is 5.91 Å². The standard InChI is InChI=1S/C24H27N3O3/c1-17-10-8-9-15-20(17)25-21(28)16-27-22(29)24(26-23(27)30,18-11-4-2-5-12-18)19-13-6-3-7-14-19/h2-7,11-14,17,20H,8-10,15-16H2,1H3,(H,25,28)(H,26,30)/t17-,20-/m0/s1. The second kappa shape index (κ2) is 8.30. The molecule has 2 aromatic carbocycles. The molecule has 156 valence electrons. The fraction of sp³-hybridized carbons (Fsp3) is 0.375. The highest BCUT2D eigenvalue weighted by molar-refractivity contribution is 6.11. The van der Waals surface area contributed by atoms with Crippen molar-refractivity contribution in [2.24, 2.45) is 5.92 Å². The smallest absolute Gasteiger partial charge is 0.326 e. The second-order valence-corrected chi connectivity index (χ2v) is 8.24. The van der Waals surface area contributed by atoms with Crippen LogP contribution >= 0.6 is 0 Å². The van der Waals surface area contributed by atoms with Crippen LogP contribution < -0.4 is 10.6 Å². The number of nitrogens with one attached hydrogen (secondary N) is 2. The predicted molar refractivity (Wildman–Crippen MR) is 113 cm³/mol. The first kappa shape index (κ1) is 20.1. The van der Waals surface area contributed by atoms with Gasteiger partial charge in [-0.2, -0.15) is 0 Å². The number of rotatable bonds is 5. The average molecular weight is 405 g/mol. The molecule has 2 aliphatic rings. The van der Waals surface area contributed by atoms with Crippen LogP contribution in [0.4, 0.5) is 4.79 Å². The molecule has 4 rings (SSSR count). The highest BCUT2D eigenvalue weighted by atomic mass is 16.2. The van der Waals surface area contributed by atoms with Crippen LogP contribution in [-0.2, 0) is 15.1 Å². The van der Waals surface area contributed by atoms with Gasteiger partial charge >= 0.3 is 6.03 Å². The van der Waals surface area contributed by atoms with Gasteiger partial charge in [-0.1, -0.05) is 80.4 Å². The van der Waals surface area contributed by atoms with Crippen molar-refractivity contribution in [3.8, 4) is 0 Å². The molecule has 0 unspecified atom stereocenters. The maximum atomic E-state index is 13.6. The molecule has 0 radical (unpaired) electrons. The molecule has 0 bridgehead atoms. The van der Waals surface area contributed by atoms with Gasteiger partial charge in [-0.15, -0.1) is 0 Å². The minimum Gasteiger partial charge on any atom is -0.352 e. The Kier molecular flexibility index (Phi) is 5.57. The number of carbonyl (C=O) groups is 3. The van der Waals surface area contributed by atoms with Gasteiger partial charge in [0.25, 0.3) is 5.91 Å². The van der Waals surface area contributed by atoms with E-state index in [1.165, 1.54) is 6.42 Å². The van der Waals surface area contributed by atoms with Gasteiger partial charge in [-0.05, 0) is 29.9 Å². The van der Waals surface area contributed by atoms with E-state index < -0.39 is 17.5 Å². The van der Waals surface area contributed by atoms with Crippen LogP contribution in [0.1, 0.15) is 43.7 Å². The monoisotopic (exact) mass is 405 g/mol. The van der Waals surface area contributed by atoms with Gasteiger partial charge in [0, 0.05) is 6.04 Å². The lowest BCUT2D eigenvalue weighted by atomic mass is 9.82. The van der Waals surface area contributed by atoms with E-state index in [-0.39, 0.29) is 18.5 Å². The molecule has 1 heterocycles. The van der Waals surface area contributed by atoms with E-state index in [0.29, 0.717) is 17.0 Å². The van der Waals surface area contributed by atoms with Crippen molar-refractivity contribution in [2.45, 2.75) is 44.2 Å². The summed E-state index contributed by atoms with van der Waals surface area (Å²) in [5, 5.41) is 5.91. The van der Waals surface area contributed by atoms with Gasteiger partial charge in [-0.3, -0.25) is 14.5 Å². The Morgan fingerprint density at radius 1 is 1.00 bits per heavy atom. The topological polar surface area (TPSA) is 78.5 Å². The number of nitrogens with zero attached hydrogens (tertiary/aromatic N) is 1. The summed E-state index contributed by atoms with van der Waals surface area (Å²) in [6.45, 7) is 1.85. The van der Waals surface area contributed by atoms with E-state index in [1.54, 1.807) is 0 Å². The highest BCUT2D eigenvalue weighted by Gasteiger charge is 2.54. The van der Waals surface area contributed by atoms with Crippen LogP contribution in [0, 0.1) is 5.92 Å². The second-order valence-electron chi connectivity index (χ2n) is 8.24. The van der Waals surface area contributed by atoms with Crippen LogP contribution in [0.15, 0.2) is 60.7 Å². The van der Waals surface area contributed by atoms with Crippen LogP contribution in [0.2, 0.25) is 0 Å². The molecule has 2 atom stereocenters. The molecule has 30 heavy (non-hydrogen) atoms. The number of carbonyl (C=O) groups excluding carboxylic acids is 3. The van der Waals surface area contributed by atoms with Crippen molar-refractivity contribution in [3.63, 3.8) is 0 Å². The quantitative estimate of drug-likeness (QED) is 0.750. The third-order valence-electron chi connectivity index (χ3n) is 6.28. The number of hydrogen-bond donors (Lipinski definition) is 2. The Hall–Kier alpha value is -3.15. The lowest BCUT2D eigenvalue weighted by molar-refractivity contribution is -0.134. The molecule has 2 N–H and O–H groups in total. The summed E-state index contributed by atoms with van der Waals surface area (Å²) in [4.78, 5) is 40.2. The number of amides is 4. The van der Waals surface area contributed by atoms with Crippen molar-refractivity contribution in [3.05, 3.63) is 71.8 Å². The summed E-state index contributed by atoms with van der Waals surface area (Å²) in [6.07, 6.45) is 4.28. The SMILES string of the molecule is C[C@H]1CCCC[C@@H]1NC(=O)CN1C(=O)NC(c2ccccc2)(c2ccccc2)C1=O. The Balaban J connectivity index is 1.60.